The monoisotopic (exact) mass is 221 g/mol. The van der Waals surface area contributed by atoms with E-state index in [1.54, 1.807) is 0 Å². The summed E-state index contributed by atoms with van der Waals surface area (Å²) in [5, 5.41) is -0.0713. The highest BCUT2D eigenvalue weighted by molar-refractivity contribution is 6.29. The lowest BCUT2D eigenvalue weighted by Gasteiger charge is -2.11. The second-order valence-corrected chi connectivity index (χ2v) is 3.66. The Morgan fingerprint density at radius 1 is 1.29 bits per heavy atom. The summed E-state index contributed by atoms with van der Waals surface area (Å²) < 4.78 is 37.6. The van der Waals surface area contributed by atoms with E-state index < -0.39 is 11.7 Å². The summed E-state index contributed by atoms with van der Waals surface area (Å²) in [6.07, 6.45) is -2.54. The van der Waals surface area contributed by atoms with E-state index in [0.717, 1.165) is 12.5 Å². The van der Waals surface area contributed by atoms with Crippen LogP contribution in [0.4, 0.5) is 13.2 Å². The summed E-state index contributed by atoms with van der Waals surface area (Å²) in [5.74, 6) is 0. The maximum atomic E-state index is 12.5. The maximum Gasteiger partial charge on any atom is 0.416 e. The van der Waals surface area contributed by atoms with Crippen molar-refractivity contribution in [3.63, 3.8) is 0 Å². The fraction of sp³-hybridized carbons (Fsp3) is 0.444. The predicted octanol–water partition coefficient (Wildman–Crippen LogP) is 3.24. The Bertz CT molecular complexity index is 373. The molecule has 0 aliphatic heterocycles. The highest BCUT2D eigenvalue weighted by Crippen LogP contribution is 2.37. The molecule has 1 aromatic rings. The minimum atomic E-state index is -4.32. The first kappa shape index (κ1) is 9.77. The molecule has 0 spiro atoms. The molecule has 76 valence electrons. The Morgan fingerprint density at radius 2 is 2.00 bits per heavy atom. The van der Waals surface area contributed by atoms with Gasteiger partial charge < -0.3 is 0 Å². The van der Waals surface area contributed by atoms with Gasteiger partial charge in [-0.05, 0) is 30.9 Å². The van der Waals surface area contributed by atoms with Crippen LogP contribution < -0.4 is 0 Å². The van der Waals surface area contributed by atoms with Gasteiger partial charge in [0.25, 0.3) is 0 Å². The van der Waals surface area contributed by atoms with Gasteiger partial charge in [0.05, 0.1) is 5.56 Å². The summed E-state index contributed by atoms with van der Waals surface area (Å²) in [6.45, 7) is 0. The molecule has 0 amide bonds. The average Bonchev–Trinajstić information content (AvgIpc) is 2.47. The molecule has 0 unspecified atom stereocenters. The Balaban J connectivity index is 2.60. The van der Waals surface area contributed by atoms with E-state index in [1.165, 1.54) is 0 Å². The second kappa shape index (κ2) is 3.12. The SMILES string of the molecule is FC(F)(F)c1cc(Cl)nc2c1CCC2. The normalized spacial score (nSPS) is 15.7. The summed E-state index contributed by atoms with van der Waals surface area (Å²) in [5.41, 5.74) is 0.205. The molecule has 1 aliphatic rings. The fourth-order valence-corrected chi connectivity index (χ4v) is 1.97. The van der Waals surface area contributed by atoms with Crippen molar-refractivity contribution in [2.24, 2.45) is 0 Å². The molecule has 0 fully saturated rings. The molecule has 1 aliphatic carbocycles. The molecule has 5 heteroatoms. The number of aromatic nitrogens is 1. The molecule has 0 bridgehead atoms. The molecule has 1 heterocycles. The van der Waals surface area contributed by atoms with Crippen molar-refractivity contribution in [3.05, 3.63) is 28.0 Å². The molecule has 0 saturated heterocycles. The first-order valence-corrected chi connectivity index (χ1v) is 4.62. The van der Waals surface area contributed by atoms with Crippen molar-refractivity contribution in [2.75, 3.05) is 0 Å². The number of rotatable bonds is 0. The van der Waals surface area contributed by atoms with Crippen LogP contribution >= 0.6 is 11.6 Å². The van der Waals surface area contributed by atoms with Crippen molar-refractivity contribution < 1.29 is 13.2 Å². The van der Waals surface area contributed by atoms with E-state index in [2.05, 4.69) is 4.98 Å². The van der Waals surface area contributed by atoms with Crippen molar-refractivity contribution in [1.29, 1.82) is 0 Å². The first-order chi connectivity index (χ1) is 6.48. The lowest BCUT2D eigenvalue weighted by atomic mass is 10.1. The second-order valence-electron chi connectivity index (χ2n) is 3.27. The zero-order chi connectivity index (χ0) is 10.3. The largest absolute Gasteiger partial charge is 0.416 e. The Morgan fingerprint density at radius 3 is 2.64 bits per heavy atom. The zero-order valence-corrected chi connectivity index (χ0v) is 7.91. The molecular formula is C9H7ClF3N. The van der Waals surface area contributed by atoms with Crippen LogP contribution in [0.2, 0.25) is 5.15 Å². The minimum absolute atomic E-state index is 0.0713. The van der Waals surface area contributed by atoms with Crippen LogP contribution in [-0.4, -0.2) is 4.98 Å². The third-order valence-corrected chi connectivity index (χ3v) is 2.52. The van der Waals surface area contributed by atoms with Crippen molar-refractivity contribution in [1.82, 2.24) is 4.98 Å². The average molecular weight is 222 g/mol. The van der Waals surface area contributed by atoms with E-state index in [-0.39, 0.29) is 5.15 Å². The number of alkyl halides is 3. The van der Waals surface area contributed by atoms with Gasteiger partial charge in [-0.1, -0.05) is 11.6 Å². The van der Waals surface area contributed by atoms with Gasteiger partial charge in [0, 0.05) is 5.69 Å². The molecule has 0 N–H and O–H groups in total. The van der Waals surface area contributed by atoms with Crippen molar-refractivity contribution in [2.45, 2.75) is 25.4 Å². The van der Waals surface area contributed by atoms with Crippen LogP contribution in [0.25, 0.3) is 0 Å². The van der Waals surface area contributed by atoms with Gasteiger partial charge >= 0.3 is 6.18 Å². The van der Waals surface area contributed by atoms with Crippen LogP contribution in [-0.2, 0) is 19.0 Å². The quantitative estimate of drug-likeness (QED) is 0.613. The third kappa shape index (κ3) is 1.59. The summed E-state index contributed by atoms with van der Waals surface area (Å²) in [4.78, 5) is 3.89. The topological polar surface area (TPSA) is 12.9 Å². The number of halogens is 4. The highest BCUT2D eigenvalue weighted by atomic mass is 35.5. The predicted molar refractivity (Wildman–Crippen MR) is 46.3 cm³/mol. The van der Waals surface area contributed by atoms with Crippen LogP contribution in [0.5, 0.6) is 0 Å². The van der Waals surface area contributed by atoms with Gasteiger partial charge in [0.1, 0.15) is 5.15 Å². The molecule has 0 radical (unpaired) electrons. The van der Waals surface area contributed by atoms with E-state index in [0.29, 0.717) is 24.1 Å². The number of aryl methyl sites for hydroxylation is 1. The third-order valence-electron chi connectivity index (χ3n) is 2.32. The molecular weight excluding hydrogens is 215 g/mol. The fourth-order valence-electron chi connectivity index (χ4n) is 1.76. The number of pyridine rings is 1. The van der Waals surface area contributed by atoms with Gasteiger partial charge in [-0.15, -0.1) is 0 Å². The van der Waals surface area contributed by atoms with Gasteiger partial charge in [0.15, 0.2) is 0 Å². The van der Waals surface area contributed by atoms with Gasteiger partial charge in [-0.3, -0.25) is 0 Å². The Kier molecular flexibility index (Phi) is 2.18. The smallest absolute Gasteiger partial charge is 0.241 e. The first-order valence-electron chi connectivity index (χ1n) is 4.24. The molecule has 14 heavy (non-hydrogen) atoms. The molecule has 0 aromatic carbocycles. The standard InChI is InChI=1S/C9H7ClF3N/c10-8-4-6(9(11,12)13)5-2-1-3-7(5)14-8/h4H,1-3H2. The maximum absolute atomic E-state index is 12.5. The van der Waals surface area contributed by atoms with Crippen molar-refractivity contribution in [3.8, 4) is 0 Å². The van der Waals surface area contributed by atoms with E-state index >= 15 is 0 Å². The van der Waals surface area contributed by atoms with Gasteiger partial charge in [-0.25, -0.2) is 4.98 Å². The van der Waals surface area contributed by atoms with Crippen LogP contribution in [0.1, 0.15) is 23.2 Å². The molecule has 2 rings (SSSR count). The number of nitrogens with zero attached hydrogens (tertiary/aromatic N) is 1. The van der Waals surface area contributed by atoms with Crippen LogP contribution in [0.3, 0.4) is 0 Å². The number of hydrogen-bond acceptors (Lipinski definition) is 1. The summed E-state index contributed by atoms with van der Waals surface area (Å²) in [6, 6.07) is 0.908. The Labute approximate surface area is 83.9 Å². The number of fused-ring (bicyclic) bond motifs is 1. The summed E-state index contributed by atoms with van der Waals surface area (Å²) in [7, 11) is 0. The Hall–Kier alpha value is -0.770. The van der Waals surface area contributed by atoms with Gasteiger partial charge in [-0.2, -0.15) is 13.2 Å². The van der Waals surface area contributed by atoms with Crippen molar-refractivity contribution >= 4 is 11.6 Å². The highest BCUT2D eigenvalue weighted by Gasteiger charge is 2.36. The van der Waals surface area contributed by atoms with Crippen LogP contribution in [0.15, 0.2) is 6.07 Å². The summed E-state index contributed by atoms with van der Waals surface area (Å²) >= 11 is 5.52. The van der Waals surface area contributed by atoms with Crippen LogP contribution in [0, 0.1) is 0 Å². The van der Waals surface area contributed by atoms with E-state index in [4.69, 9.17) is 11.6 Å². The lowest BCUT2D eigenvalue weighted by molar-refractivity contribution is -0.138. The van der Waals surface area contributed by atoms with E-state index in [1.807, 2.05) is 0 Å². The van der Waals surface area contributed by atoms with Gasteiger partial charge in [0.2, 0.25) is 0 Å². The zero-order valence-electron chi connectivity index (χ0n) is 7.16. The minimum Gasteiger partial charge on any atom is -0.241 e. The van der Waals surface area contributed by atoms with E-state index in [9.17, 15) is 13.2 Å². The number of hydrogen-bond donors (Lipinski definition) is 0. The molecule has 0 atom stereocenters. The molecule has 1 aromatic heterocycles. The lowest BCUT2D eigenvalue weighted by Crippen LogP contribution is -2.10. The molecule has 1 nitrogen and oxygen atoms in total. The molecule has 0 saturated carbocycles.